The molecule has 0 saturated heterocycles. The highest BCUT2D eigenvalue weighted by Gasteiger charge is 2.12. The van der Waals surface area contributed by atoms with Crippen molar-refractivity contribution in [3.05, 3.63) is 70.8 Å². The Kier molecular flexibility index (Phi) is 5.93. The van der Waals surface area contributed by atoms with Gasteiger partial charge in [0.2, 0.25) is 0 Å². The van der Waals surface area contributed by atoms with E-state index in [1.807, 2.05) is 13.8 Å². The minimum atomic E-state index is -0.619. The molecule has 0 spiro atoms. The molecular weight excluding hydrogens is 361 g/mol. The first-order valence-corrected chi connectivity index (χ1v) is 8.86. The number of nitrogens with zero attached hydrogens (tertiary/aromatic N) is 2. The highest BCUT2D eigenvalue weighted by molar-refractivity contribution is 5.94. The second-order valence-electron chi connectivity index (χ2n) is 6.37. The number of hydrogen-bond donors (Lipinski definition) is 1. The number of hydrogen-bond acceptors (Lipinski definition) is 5. The molecular formula is C21H20FN3O3. The zero-order valence-electron chi connectivity index (χ0n) is 15.7. The van der Waals surface area contributed by atoms with Crippen LogP contribution in [-0.2, 0) is 16.0 Å². The van der Waals surface area contributed by atoms with Crippen molar-refractivity contribution in [1.29, 1.82) is 0 Å². The summed E-state index contributed by atoms with van der Waals surface area (Å²) >= 11 is 0. The Balaban J connectivity index is 1.52. The number of aromatic nitrogens is 2. The number of amides is 1. The van der Waals surface area contributed by atoms with Gasteiger partial charge in [0.1, 0.15) is 5.82 Å². The van der Waals surface area contributed by atoms with Gasteiger partial charge in [0.25, 0.3) is 5.91 Å². The van der Waals surface area contributed by atoms with E-state index in [0.29, 0.717) is 28.6 Å². The molecule has 1 amide bonds. The summed E-state index contributed by atoms with van der Waals surface area (Å²) in [5.74, 6) is -1.38. The average molecular weight is 381 g/mol. The van der Waals surface area contributed by atoms with E-state index < -0.39 is 18.5 Å². The van der Waals surface area contributed by atoms with Crippen LogP contribution in [0.25, 0.3) is 11.0 Å². The first kappa shape index (κ1) is 19.4. The predicted octanol–water partition coefficient (Wildman–Crippen LogP) is 2.90. The van der Waals surface area contributed by atoms with Gasteiger partial charge >= 0.3 is 5.97 Å². The van der Waals surface area contributed by atoms with Gasteiger partial charge in [-0.3, -0.25) is 4.79 Å². The van der Waals surface area contributed by atoms with Gasteiger partial charge < -0.3 is 10.1 Å². The van der Waals surface area contributed by atoms with Gasteiger partial charge in [-0.25, -0.2) is 19.2 Å². The molecule has 1 N–H and O–H groups in total. The molecule has 3 rings (SSSR count). The monoisotopic (exact) mass is 381 g/mol. The number of ether oxygens (including phenoxy) is 1. The van der Waals surface area contributed by atoms with E-state index in [-0.39, 0.29) is 12.4 Å². The lowest BCUT2D eigenvalue weighted by Crippen LogP contribution is -2.30. The molecule has 0 aliphatic rings. The Morgan fingerprint density at radius 2 is 1.75 bits per heavy atom. The van der Waals surface area contributed by atoms with Crippen molar-refractivity contribution < 1.29 is 18.7 Å². The fourth-order valence-corrected chi connectivity index (χ4v) is 2.66. The van der Waals surface area contributed by atoms with Gasteiger partial charge in [-0.05, 0) is 50.1 Å². The summed E-state index contributed by atoms with van der Waals surface area (Å²) in [6.07, 6.45) is 0.356. The number of esters is 1. The molecule has 144 valence electrons. The molecule has 0 aliphatic heterocycles. The highest BCUT2D eigenvalue weighted by Crippen LogP contribution is 2.15. The van der Waals surface area contributed by atoms with E-state index in [4.69, 9.17) is 4.74 Å². The quantitative estimate of drug-likeness (QED) is 0.664. The maximum atomic E-state index is 13.5. The Hall–Kier alpha value is -3.35. The zero-order chi connectivity index (χ0) is 20.1. The predicted molar refractivity (Wildman–Crippen MR) is 102 cm³/mol. The number of fused-ring (bicyclic) bond motifs is 1. The topological polar surface area (TPSA) is 81.2 Å². The smallest absolute Gasteiger partial charge is 0.338 e. The van der Waals surface area contributed by atoms with Crippen LogP contribution in [0.2, 0.25) is 0 Å². The fourth-order valence-electron chi connectivity index (χ4n) is 2.66. The summed E-state index contributed by atoms with van der Waals surface area (Å²) in [5, 5.41) is 2.60. The third kappa shape index (κ3) is 4.68. The average Bonchev–Trinajstić information content (AvgIpc) is 2.68. The van der Waals surface area contributed by atoms with E-state index >= 15 is 0 Å². The summed E-state index contributed by atoms with van der Waals surface area (Å²) in [6.45, 7) is 3.56. The number of carbonyl (C=O) groups is 2. The van der Waals surface area contributed by atoms with Crippen LogP contribution in [0.4, 0.5) is 4.39 Å². The van der Waals surface area contributed by atoms with E-state index in [0.717, 1.165) is 11.4 Å². The van der Waals surface area contributed by atoms with Crippen molar-refractivity contribution >= 4 is 22.9 Å². The third-order valence-corrected chi connectivity index (χ3v) is 4.32. The Labute approximate surface area is 161 Å². The molecule has 0 bridgehead atoms. The number of aryl methyl sites for hydroxylation is 2. The van der Waals surface area contributed by atoms with Crippen LogP contribution >= 0.6 is 0 Å². The van der Waals surface area contributed by atoms with Crippen LogP contribution in [0, 0.1) is 19.7 Å². The van der Waals surface area contributed by atoms with Crippen LogP contribution in [0.1, 0.15) is 27.3 Å². The maximum absolute atomic E-state index is 13.5. The fraction of sp³-hybridized carbons (Fsp3) is 0.238. The van der Waals surface area contributed by atoms with E-state index in [1.165, 1.54) is 6.07 Å². The number of nitrogens with one attached hydrogen (secondary N) is 1. The molecule has 0 radical (unpaired) electrons. The van der Waals surface area contributed by atoms with E-state index in [2.05, 4.69) is 15.3 Å². The summed E-state index contributed by atoms with van der Waals surface area (Å²) in [4.78, 5) is 32.8. The summed E-state index contributed by atoms with van der Waals surface area (Å²) < 4.78 is 18.6. The first-order valence-electron chi connectivity index (χ1n) is 8.86. The molecule has 1 aromatic heterocycles. The van der Waals surface area contributed by atoms with Gasteiger partial charge in [-0.1, -0.05) is 18.2 Å². The van der Waals surface area contributed by atoms with Crippen LogP contribution in [0.15, 0.2) is 42.5 Å². The molecule has 0 atom stereocenters. The lowest BCUT2D eigenvalue weighted by molar-refractivity contribution is -0.124. The van der Waals surface area contributed by atoms with Gasteiger partial charge in [0.05, 0.1) is 28.0 Å². The van der Waals surface area contributed by atoms with E-state index in [1.54, 1.807) is 36.4 Å². The summed E-state index contributed by atoms with van der Waals surface area (Å²) in [5.41, 5.74) is 3.70. The van der Waals surface area contributed by atoms with Crippen LogP contribution in [0.5, 0.6) is 0 Å². The minimum absolute atomic E-state index is 0.251. The molecule has 3 aromatic rings. The first-order chi connectivity index (χ1) is 13.4. The normalized spacial score (nSPS) is 10.7. The number of rotatable bonds is 6. The molecule has 0 aliphatic carbocycles. The standard InChI is InChI=1S/C21H20FN3O3/c1-13-14(2)25-19-11-16(7-8-18(19)24-13)21(27)28-12-20(26)23-10-9-15-5-3-4-6-17(15)22/h3-8,11H,9-10,12H2,1-2H3,(H,23,26). The molecule has 1 heterocycles. The summed E-state index contributed by atoms with van der Waals surface area (Å²) in [6, 6.07) is 11.2. The van der Waals surface area contributed by atoms with Crippen molar-refractivity contribution in [2.24, 2.45) is 0 Å². The molecule has 0 saturated carbocycles. The molecule has 28 heavy (non-hydrogen) atoms. The van der Waals surface area contributed by atoms with Crippen LogP contribution < -0.4 is 5.32 Å². The molecule has 6 nitrogen and oxygen atoms in total. The SMILES string of the molecule is Cc1nc2ccc(C(=O)OCC(=O)NCCc3ccccc3F)cc2nc1C. The maximum Gasteiger partial charge on any atom is 0.338 e. The zero-order valence-corrected chi connectivity index (χ0v) is 15.7. The largest absolute Gasteiger partial charge is 0.452 e. The Morgan fingerprint density at radius 3 is 2.50 bits per heavy atom. The van der Waals surface area contributed by atoms with Crippen molar-refractivity contribution in [2.75, 3.05) is 13.2 Å². The van der Waals surface area contributed by atoms with Crippen molar-refractivity contribution in [3.8, 4) is 0 Å². The molecule has 0 fully saturated rings. The second kappa shape index (κ2) is 8.56. The van der Waals surface area contributed by atoms with Gasteiger partial charge in [-0.15, -0.1) is 0 Å². The van der Waals surface area contributed by atoms with E-state index in [9.17, 15) is 14.0 Å². The minimum Gasteiger partial charge on any atom is -0.452 e. The summed E-state index contributed by atoms with van der Waals surface area (Å²) in [7, 11) is 0. The van der Waals surface area contributed by atoms with Crippen molar-refractivity contribution in [3.63, 3.8) is 0 Å². The molecule has 2 aromatic carbocycles. The lowest BCUT2D eigenvalue weighted by Gasteiger charge is -2.08. The number of carbonyl (C=O) groups excluding carboxylic acids is 2. The van der Waals surface area contributed by atoms with Crippen LogP contribution in [-0.4, -0.2) is 35.0 Å². The molecule has 7 heteroatoms. The van der Waals surface area contributed by atoms with Crippen molar-refractivity contribution in [1.82, 2.24) is 15.3 Å². The van der Waals surface area contributed by atoms with Gasteiger partial charge in [0.15, 0.2) is 6.61 Å². The molecule has 0 unspecified atom stereocenters. The Morgan fingerprint density at radius 1 is 1.04 bits per heavy atom. The highest BCUT2D eigenvalue weighted by atomic mass is 19.1. The number of benzene rings is 2. The van der Waals surface area contributed by atoms with Gasteiger partial charge in [0, 0.05) is 6.54 Å². The van der Waals surface area contributed by atoms with Gasteiger partial charge in [-0.2, -0.15) is 0 Å². The second-order valence-corrected chi connectivity index (χ2v) is 6.37. The van der Waals surface area contributed by atoms with Crippen LogP contribution in [0.3, 0.4) is 0 Å². The van der Waals surface area contributed by atoms with Crippen molar-refractivity contribution in [2.45, 2.75) is 20.3 Å². The number of halogens is 1. The lowest BCUT2D eigenvalue weighted by atomic mass is 10.1. The third-order valence-electron chi connectivity index (χ3n) is 4.32. The Bertz CT molecular complexity index is 1040.